The molecule has 0 fully saturated rings. The van der Waals surface area contributed by atoms with Crippen molar-refractivity contribution in [1.29, 1.82) is 0 Å². The Labute approximate surface area is 568 Å². The zero-order valence-electron chi connectivity index (χ0n) is 55.0. The van der Waals surface area contributed by atoms with Crippen LogP contribution in [0.25, 0.3) is 110 Å². The Morgan fingerprint density at radius 2 is 0.796 bits per heavy atom. The number of furan rings is 3. The number of hydrogen-bond acceptors (Lipinski definition) is 3. The fraction of sp³-hybridized carbons (Fsp3) is 0.116. The number of benzene rings is 14. The first-order valence-corrected chi connectivity index (χ1v) is 34.8. The Bertz CT molecular complexity index is 6150. The molecule has 0 aliphatic heterocycles. The summed E-state index contributed by atoms with van der Waals surface area (Å²) < 4.78 is 21.0. The molecule has 0 spiro atoms. The van der Waals surface area contributed by atoms with Crippen molar-refractivity contribution in [3.05, 3.63) is 381 Å². The van der Waals surface area contributed by atoms with Crippen LogP contribution in [0.4, 0.5) is 0 Å². The van der Waals surface area contributed by atoms with Crippen molar-refractivity contribution in [2.75, 3.05) is 0 Å². The predicted molar refractivity (Wildman–Crippen MR) is 401 cm³/mol. The van der Waals surface area contributed by atoms with E-state index in [1.54, 1.807) is 0 Å². The van der Waals surface area contributed by atoms with Crippen molar-refractivity contribution >= 4 is 65.8 Å². The number of hydrogen-bond donors (Lipinski definition) is 0. The second-order valence-corrected chi connectivity index (χ2v) is 29.1. The molecule has 3 aromatic heterocycles. The van der Waals surface area contributed by atoms with E-state index in [1.165, 1.54) is 139 Å². The average molecular weight is 1260 g/mol. The van der Waals surface area contributed by atoms with Gasteiger partial charge in [-0.2, -0.15) is 0 Å². The molecule has 0 saturated heterocycles. The number of fused-ring (bicyclic) bond motifs is 25. The molecule has 0 radical (unpaired) electrons. The topological polar surface area (TPSA) is 39.4 Å². The molecule has 1 unspecified atom stereocenters. The van der Waals surface area contributed by atoms with Gasteiger partial charge in [-0.1, -0.05) is 289 Å². The van der Waals surface area contributed by atoms with Gasteiger partial charge in [-0.3, -0.25) is 0 Å². The first kappa shape index (κ1) is 55.7. The van der Waals surface area contributed by atoms with E-state index in [9.17, 15) is 0 Å². The van der Waals surface area contributed by atoms with E-state index >= 15 is 0 Å². The smallest absolute Gasteiger partial charge is 0.144 e. The monoisotopic (exact) mass is 1250 g/mol. The molecular formula is C95H66O3. The third kappa shape index (κ3) is 7.17. The van der Waals surface area contributed by atoms with Crippen LogP contribution in [0, 0.1) is 0 Å². The summed E-state index contributed by atoms with van der Waals surface area (Å²) in [6.45, 7) is 9.82. The molecule has 1 atom stereocenters. The second kappa shape index (κ2) is 20.0. The molecule has 0 amide bonds. The maximum atomic E-state index is 7.11. The lowest BCUT2D eigenvalue weighted by molar-refractivity contribution is 0.598. The van der Waals surface area contributed by atoms with Gasteiger partial charge in [0.05, 0.1) is 10.8 Å². The van der Waals surface area contributed by atoms with Crippen molar-refractivity contribution in [2.45, 2.75) is 68.1 Å². The maximum Gasteiger partial charge on any atom is 0.144 e. The van der Waals surface area contributed by atoms with E-state index in [4.69, 9.17) is 13.3 Å². The molecule has 3 heteroatoms. The van der Waals surface area contributed by atoms with Gasteiger partial charge in [0.15, 0.2) is 0 Å². The predicted octanol–water partition coefficient (Wildman–Crippen LogP) is 24.5. The van der Waals surface area contributed by atoms with Crippen molar-refractivity contribution in [3.63, 3.8) is 0 Å². The third-order valence-corrected chi connectivity index (χ3v) is 23.7. The van der Waals surface area contributed by atoms with Gasteiger partial charge < -0.3 is 13.3 Å². The van der Waals surface area contributed by atoms with Crippen LogP contribution < -0.4 is 0 Å². The Balaban J connectivity index is 0.773. The minimum atomic E-state index is -0.697. The molecule has 21 rings (SSSR count). The van der Waals surface area contributed by atoms with Gasteiger partial charge in [-0.05, 0) is 166 Å². The standard InChI is InChI=1S/C95H66O3/c1-92(2)73-40-21-17-35-67(73)87-89(92)88-85(86-70-37-20-24-43-81(70)98-91(86)87)68-49-46-57(53-75(68)93(88,3)4)62(65-38-25-39-66-64-34-18-22-41-79(64)97-90(65)66)47-44-56-45-48-63-71-54-78-72(55-77(71)95(76(63)52-56,60-30-13-7-14-31-60)61-32-15-8-16-33-61)83-74(50-51-82-84(83)69-36-19-23-42-80(69)96-82)94(78,58-26-9-5-10-27-58)59-28-11-6-12-29-59/h5-43,45-46,48-55,62H,44,47H2,1-4H3. The van der Waals surface area contributed by atoms with E-state index < -0.39 is 10.8 Å². The fourth-order valence-electron chi connectivity index (χ4n) is 19.6. The van der Waals surface area contributed by atoms with Crippen LogP contribution in [-0.2, 0) is 28.1 Å². The number of aryl methyl sites for hydroxylation is 1. The van der Waals surface area contributed by atoms with Gasteiger partial charge in [0.2, 0.25) is 0 Å². The third-order valence-electron chi connectivity index (χ3n) is 23.7. The van der Waals surface area contributed by atoms with E-state index in [1.807, 2.05) is 0 Å². The van der Waals surface area contributed by atoms with Crippen molar-refractivity contribution in [1.82, 2.24) is 0 Å². The summed E-state index contributed by atoms with van der Waals surface area (Å²) in [5.41, 5.74) is 33.1. The van der Waals surface area contributed by atoms with Crippen LogP contribution in [0.5, 0.6) is 0 Å². The first-order chi connectivity index (χ1) is 48.1. The normalized spacial score (nSPS) is 15.5. The van der Waals surface area contributed by atoms with Gasteiger partial charge in [-0.15, -0.1) is 0 Å². The second-order valence-electron chi connectivity index (χ2n) is 29.1. The Morgan fingerprint density at radius 1 is 0.296 bits per heavy atom. The molecule has 3 heterocycles. The lowest BCUT2D eigenvalue weighted by atomic mass is 9.66. The SMILES string of the molecule is CC1(C)c2ccccc2-c2c1c1c(c3c2oc2ccccc23)-c2ccc(C(CCc3ccc4c(c3)C(c3ccccc3)(c3ccccc3)c3cc5c(cc3-4)C(c3ccccc3)(c3ccccc3)c3ccc4oc6ccccc6c4c3-5)c3cccc4c3oc3ccccc34)cc2C1(C)C. The van der Waals surface area contributed by atoms with E-state index in [0.717, 1.165) is 67.9 Å². The molecule has 0 bridgehead atoms. The average Bonchev–Trinajstić information content (AvgIpc) is 1.51. The summed E-state index contributed by atoms with van der Waals surface area (Å²) in [6, 6.07) is 112. The minimum absolute atomic E-state index is 0.0355. The van der Waals surface area contributed by atoms with Gasteiger partial charge in [0.1, 0.15) is 33.5 Å². The summed E-state index contributed by atoms with van der Waals surface area (Å²) >= 11 is 0. The molecule has 98 heavy (non-hydrogen) atoms. The zero-order chi connectivity index (χ0) is 65.0. The van der Waals surface area contributed by atoms with Crippen LogP contribution in [-0.4, -0.2) is 0 Å². The lowest BCUT2D eigenvalue weighted by Crippen LogP contribution is -2.30. The van der Waals surface area contributed by atoms with Gasteiger partial charge in [0.25, 0.3) is 0 Å². The molecule has 3 nitrogen and oxygen atoms in total. The van der Waals surface area contributed by atoms with Gasteiger partial charge in [-0.25, -0.2) is 0 Å². The van der Waals surface area contributed by atoms with E-state index in [-0.39, 0.29) is 16.7 Å². The van der Waals surface area contributed by atoms with E-state index in [0.29, 0.717) is 0 Å². The molecule has 0 N–H and O–H groups in total. The highest BCUT2D eigenvalue weighted by atomic mass is 16.3. The van der Waals surface area contributed by atoms with Crippen molar-refractivity contribution < 1.29 is 13.3 Å². The maximum absolute atomic E-state index is 7.11. The number of para-hydroxylation sites is 4. The Kier molecular flexibility index (Phi) is 11.4. The highest BCUT2D eigenvalue weighted by Gasteiger charge is 2.53. The van der Waals surface area contributed by atoms with Gasteiger partial charge >= 0.3 is 0 Å². The lowest BCUT2D eigenvalue weighted by Gasteiger charge is -2.35. The summed E-state index contributed by atoms with van der Waals surface area (Å²) in [5, 5.41) is 6.95. The van der Waals surface area contributed by atoms with Crippen LogP contribution in [0.2, 0.25) is 0 Å². The van der Waals surface area contributed by atoms with Crippen molar-refractivity contribution in [3.8, 4) is 44.5 Å². The summed E-state index contributed by atoms with van der Waals surface area (Å²) in [7, 11) is 0. The van der Waals surface area contributed by atoms with Crippen molar-refractivity contribution in [2.24, 2.45) is 0 Å². The summed E-state index contributed by atoms with van der Waals surface area (Å²) in [6.07, 6.45) is 1.65. The summed E-state index contributed by atoms with van der Waals surface area (Å²) in [4.78, 5) is 0. The van der Waals surface area contributed by atoms with Crippen LogP contribution in [0.1, 0.15) is 123 Å². The molecule has 0 saturated carbocycles. The summed E-state index contributed by atoms with van der Waals surface area (Å²) in [5.74, 6) is -0.0355. The van der Waals surface area contributed by atoms with Gasteiger partial charge in [0, 0.05) is 60.2 Å². The van der Waals surface area contributed by atoms with Crippen LogP contribution in [0.15, 0.2) is 311 Å². The molecule has 4 aliphatic rings. The van der Waals surface area contributed by atoms with Crippen LogP contribution >= 0.6 is 0 Å². The highest BCUT2D eigenvalue weighted by Crippen LogP contribution is 2.66. The fourth-order valence-corrected chi connectivity index (χ4v) is 19.6. The largest absolute Gasteiger partial charge is 0.456 e. The number of rotatable bonds is 9. The van der Waals surface area contributed by atoms with Crippen LogP contribution in [0.3, 0.4) is 0 Å². The highest BCUT2D eigenvalue weighted by molar-refractivity contribution is 6.21. The molecule has 14 aromatic carbocycles. The first-order valence-electron chi connectivity index (χ1n) is 34.8. The Morgan fingerprint density at radius 3 is 1.48 bits per heavy atom. The molecule has 4 aliphatic carbocycles. The quantitative estimate of drug-likeness (QED) is 0.145. The molecule has 464 valence electrons. The molecular weight excluding hydrogens is 1190 g/mol. The molecule has 17 aromatic rings. The zero-order valence-corrected chi connectivity index (χ0v) is 55.0. The minimum Gasteiger partial charge on any atom is -0.456 e. The Hall–Kier alpha value is -11.5. The van der Waals surface area contributed by atoms with E-state index in [2.05, 4.69) is 325 Å².